The first-order valence-electron chi connectivity index (χ1n) is 7.14. The van der Waals surface area contributed by atoms with E-state index in [-0.39, 0.29) is 6.10 Å². The monoisotopic (exact) mass is 255 g/mol. The maximum atomic E-state index is 11.5. The highest BCUT2D eigenvalue weighted by atomic mass is 16.5. The molecule has 18 heavy (non-hydrogen) atoms. The van der Waals surface area contributed by atoms with Crippen LogP contribution in [-0.4, -0.2) is 35.4 Å². The van der Waals surface area contributed by atoms with Crippen LogP contribution in [0.15, 0.2) is 0 Å². The van der Waals surface area contributed by atoms with Crippen molar-refractivity contribution in [2.45, 2.75) is 70.1 Å². The fourth-order valence-electron chi connectivity index (χ4n) is 2.62. The molecule has 0 aromatic rings. The standard InChI is InChI=1S/C14H25NO3/c1-10(2)6-8-18-12-5-7-14(9-12,13(16)17)15-11-3-4-11/h10-12,15H,3-9H2,1-2H3,(H,16,17). The molecule has 4 nitrogen and oxygen atoms in total. The highest BCUT2D eigenvalue weighted by Gasteiger charge is 2.48. The summed E-state index contributed by atoms with van der Waals surface area (Å²) < 4.78 is 5.82. The molecule has 2 rings (SSSR count). The second kappa shape index (κ2) is 5.57. The first-order chi connectivity index (χ1) is 8.52. The fraction of sp³-hybridized carbons (Fsp3) is 0.929. The zero-order valence-corrected chi connectivity index (χ0v) is 11.4. The summed E-state index contributed by atoms with van der Waals surface area (Å²) in [6.45, 7) is 5.10. The fourth-order valence-corrected chi connectivity index (χ4v) is 2.62. The third-order valence-electron chi connectivity index (χ3n) is 3.99. The van der Waals surface area contributed by atoms with Crippen molar-refractivity contribution < 1.29 is 14.6 Å². The van der Waals surface area contributed by atoms with Gasteiger partial charge in [-0.15, -0.1) is 0 Å². The summed E-state index contributed by atoms with van der Waals surface area (Å²) in [4.78, 5) is 11.5. The smallest absolute Gasteiger partial charge is 0.324 e. The van der Waals surface area contributed by atoms with Gasteiger partial charge in [-0.2, -0.15) is 0 Å². The molecule has 0 saturated heterocycles. The molecular weight excluding hydrogens is 230 g/mol. The second-order valence-corrected chi connectivity index (χ2v) is 6.22. The molecule has 2 atom stereocenters. The number of nitrogens with one attached hydrogen (secondary N) is 1. The number of hydrogen-bond donors (Lipinski definition) is 2. The number of carbonyl (C=O) groups is 1. The molecule has 2 N–H and O–H groups in total. The van der Waals surface area contributed by atoms with E-state index in [1.807, 2.05) is 0 Å². The molecule has 0 amide bonds. The van der Waals surface area contributed by atoms with Crippen molar-refractivity contribution >= 4 is 5.97 Å². The van der Waals surface area contributed by atoms with Crippen LogP contribution in [-0.2, 0) is 9.53 Å². The highest BCUT2D eigenvalue weighted by molar-refractivity contribution is 5.79. The molecule has 104 valence electrons. The van der Waals surface area contributed by atoms with E-state index >= 15 is 0 Å². The van der Waals surface area contributed by atoms with Crippen molar-refractivity contribution in [3.63, 3.8) is 0 Å². The quantitative estimate of drug-likeness (QED) is 0.732. The van der Waals surface area contributed by atoms with Gasteiger partial charge >= 0.3 is 5.97 Å². The van der Waals surface area contributed by atoms with Crippen LogP contribution in [0, 0.1) is 5.92 Å². The molecule has 0 aromatic carbocycles. The zero-order valence-electron chi connectivity index (χ0n) is 11.4. The van der Waals surface area contributed by atoms with E-state index in [1.54, 1.807) is 0 Å². The number of carboxylic acid groups (broad SMARTS) is 1. The molecule has 2 unspecified atom stereocenters. The van der Waals surface area contributed by atoms with Crippen molar-refractivity contribution in [3.05, 3.63) is 0 Å². The normalized spacial score (nSPS) is 32.1. The van der Waals surface area contributed by atoms with E-state index in [2.05, 4.69) is 19.2 Å². The average molecular weight is 255 g/mol. The topological polar surface area (TPSA) is 58.6 Å². The van der Waals surface area contributed by atoms with E-state index in [4.69, 9.17) is 4.74 Å². The zero-order chi connectivity index (χ0) is 13.2. The van der Waals surface area contributed by atoms with E-state index in [0.29, 0.717) is 24.8 Å². The molecule has 4 heteroatoms. The minimum atomic E-state index is -0.719. The Balaban J connectivity index is 1.81. The van der Waals surface area contributed by atoms with Crippen LogP contribution in [0.25, 0.3) is 0 Å². The SMILES string of the molecule is CC(C)CCOC1CCC(NC2CC2)(C(=O)O)C1. The van der Waals surface area contributed by atoms with Gasteiger partial charge in [0.2, 0.25) is 0 Å². The molecule has 0 aromatic heterocycles. The summed E-state index contributed by atoms with van der Waals surface area (Å²) >= 11 is 0. The van der Waals surface area contributed by atoms with Gasteiger partial charge in [0.1, 0.15) is 5.54 Å². The molecule has 0 heterocycles. The van der Waals surface area contributed by atoms with Crippen LogP contribution in [0.3, 0.4) is 0 Å². The predicted molar refractivity (Wildman–Crippen MR) is 69.6 cm³/mol. The lowest BCUT2D eigenvalue weighted by atomic mass is 9.97. The lowest BCUT2D eigenvalue weighted by Gasteiger charge is -2.26. The third-order valence-corrected chi connectivity index (χ3v) is 3.99. The van der Waals surface area contributed by atoms with E-state index in [0.717, 1.165) is 32.3 Å². The number of rotatable bonds is 7. The third kappa shape index (κ3) is 3.45. The summed E-state index contributed by atoms with van der Waals surface area (Å²) in [6, 6.07) is 0.426. The van der Waals surface area contributed by atoms with Gasteiger partial charge < -0.3 is 9.84 Å². The largest absolute Gasteiger partial charge is 0.480 e. The average Bonchev–Trinajstić information content (AvgIpc) is 2.98. The lowest BCUT2D eigenvalue weighted by molar-refractivity contribution is -0.145. The Morgan fingerprint density at radius 2 is 2.17 bits per heavy atom. The first-order valence-corrected chi connectivity index (χ1v) is 7.14. The Morgan fingerprint density at radius 1 is 1.44 bits per heavy atom. The van der Waals surface area contributed by atoms with Crippen molar-refractivity contribution in [2.75, 3.05) is 6.61 Å². The van der Waals surface area contributed by atoms with Crippen molar-refractivity contribution in [3.8, 4) is 0 Å². The minimum absolute atomic E-state index is 0.117. The maximum Gasteiger partial charge on any atom is 0.324 e. The van der Waals surface area contributed by atoms with Gasteiger partial charge in [-0.3, -0.25) is 10.1 Å². The number of aliphatic carboxylic acids is 1. The van der Waals surface area contributed by atoms with Crippen LogP contribution in [0.1, 0.15) is 52.4 Å². The molecular formula is C14H25NO3. The van der Waals surface area contributed by atoms with E-state index in [9.17, 15) is 9.90 Å². The Morgan fingerprint density at radius 3 is 2.72 bits per heavy atom. The molecule has 2 fully saturated rings. The predicted octanol–water partition coefficient (Wildman–Crippen LogP) is 2.18. The second-order valence-electron chi connectivity index (χ2n) is 6.22. The number of hydrogen-bond acceptors (Lipinski definition) is 3. The summed E-state index contributed by atoms with van der Waals surface area (Å²) in [5.74, 6) is -0.0652. The van der Waals surface area contributed by atoms with Gasteiger partial charge in [-0.25, -0.2) is 0 Å². The van der Waals surface area contributed by atoms with Gasteiger partial charge in [0.05, 0.1) is 6.10 Å². The van der Waals surface area contributed by atoms with Crippen molar-refractivity contribution in [1.29, 1.82) is 0 Å². The van der Waals surface area contributed by atoms with Gasteiger partial charge in [0.15, 0.2) is 0 Å². The summed E-state index contributed by atoms with van der Waals surface area (Å²) in [7, 11) is 0. The van der Waals surface area contributed by atoms with E-state index in [1.165, 1.54) is 0 Å². The molecule has 0 spiro atoms. The van der Waals surface area contributed by atoms with Crippen molar-refractivity contribution in [1.82, 2.24) is 5.32 Å². The molecule has 2 saturated carbocycles. The Hall–Kier alpha value is -0.610. The van der Waals surface area contributed by atoms with Crippen LogP contribution < -0.4 is 5.32 Å². The van der Waals surface area contributed by atoms with Crippen molar-refractivity contribution in [2.24, 2.45) is 5.92 Å². The Kier molecular flexibility index (Phi) is 4.28. The molecule has 2 aliphatic rings. The first kappa shape index (κ1) is 13.8. The van der Waals surface area contributed by atoms with Gasteiger partial charge in [-0.05, 0) is 38.0 Å². The number of carboxylic acids is 1. The van der Waals surface area contributed by atoms with Gasteiger partial charge in [0, 0.05) is 19.1 Å². The number of ether oxygens (including phenoxy) is 1. The van der Waals surface area contributed by atoms with Crippen LogP contribution in [0.5, 0.6) is 0 Å². The van der Waals surface area contributed by atoms with Crippen LogP contribution in [0.4, 0.5) is 0 Å². The maximum absolute atomic E-state index is 11.5. The lowest BCUT2D eigenvalue weighted by Crippen LogP contribution is -2.51. The molecule has 0 radical (unpaired) electrons. The molecule has 2 aliphatic carbocycles. The van der Waals surface area contributed by atoms with Gasteiger partial charge in [-0.1, -0.05) is 13.8 Å². The summed E-state index contributed by atoms with van der Waals surface area (Å²) in [5, 5.41) is 12.8. The van der Waals surface area contributed by atoms with Crippen LogP contribution in [0.2, 0.25) is 0 Å². The highest BCUT2D eigenvalue weighted by Crippen LogP contribution is 2.35. The summed E-state index contributed by atoms with van der Waals surface area (Å²) in [6.07, 6.45) is 5.59. The van der Waals surface area contributed by atoms with Gasteiger partial charge in [0.25, 0.3) is 0 Å². The molecule has 0 aliphatic heterocycles. The van der Waals surface area contributed by atoms with Crippen LogP contribution >= 0.6 is 0 Å². The minimum Gasteiger partial charge on any atom is -0.480 e. The summed E-state index contributed by atoms with van der Waals surface area (Å²) in [5.41, 5.74) is -0.719. The Labute approximate surface area is 109 Å². The molecule has 0 bridgehead atoms. The van der Waals surface area contributed by atoms with E-state index < -0.39 is 11.5 Å². The Bertz CT molecular complexity index is 301.